The Balaban J connectivity index is 3.29. The molecule has 0 unspecified atom stereocenters. The van der Waals surface area contributed by atoms with E-state index in [0.29, 0.717) is 4.90 Å². The Morgan fingerprint density at radius 2 is 1.60 bits per heavy atom. The van der Waals surface area contributed by atoms with Gasteiger partial charge in [-0.15, -0.1) is 5.73 Å². The van der Waals surface area contributed by atoms with Crippen LogP contribution < -0.4 is 4.72 Å². The van der Waals surface area contributed by atoms with E-state index in [9.17, 15) is 8.42 Å². The number of sulfonamides is 1. The minimum atomic E-state index is -3.59. The maximum Gasteiger partial charge on any atom is 0.241 e. The van der Waals surface area contributed by atoms with Gasteiger partial charge in [0, 0.05) is 6.04 Å². The van der Waals surface area contributed by atoms with E-state index in [2.05, 4.69) is 37.0 Å². The number of aryl methyl sites for hydroxylation is 3. The first-order chi connectivity index (χ1) is 11.3. The van der Waals surface area contributed by atoms with Crippen LogP contribution in [0.3, 0.4) is 0 Å². The van der Waals surface area contributed by atoms with Crippen LogP contribution in [0.25, 0.3) is 0 Å². The molecule has 1 aromatic carbocycles. The fourth-order valence-corrected chi connectivity index (χ4v) is 4.92. The number of nitrogens with one attached hydrogen (secondary N) is 1. The molecule has 1 atom stereocenters. The number of hydrogen-bond donors (Lipinski definition) is 1. The van der Waals surface area contributed by atoms with Gasteiger partial charge in [-0.25, -0.2) is 13.1 Å². The summed E-state index contributed by atoms with van der Waals surface area (Å²) >= 11 is 0. The first-order valence-electron chi connectivity index (χ1n) is 8.79. The van der Waals surface area contributed by atoms with Gasteiger partial charge in [0.1, 0.15) is 0 Å². The van der Waals surface area contributed by atoms with Crippen molar-refractivity contribution < 1.29 is 8.42 Å². The van der Waals surface area contributed by atoms with E-state index in [-0.39, 0.29) is 12.0 Å². The highest BCUT2D eigenvalue weighted by atomic mass is 32.2. The van der Waals surface area contributed by atoms with Crippen molar-refractivity contribution in [3.05, 3.63) is 45.8 Å². The Morgan fingerprint density at radius 3 is 2.00 bits per heavy atom. The van der Waals surface area contributed by atoms with Gasteiger partial charge in [0.05, 0.1) is 13.0 Å². The van der Waals surface area contributed by atoms with E-state index in [1.807, 2.05) is 52.8 Å². The summed E-state index contributed by atoms with van der Waals surface area (Å²) in [5, 5.41) is 1.24. The predicted molar refractivity (Wildman–Crippen MR) is 110 cm³/mol. The van der Waals surface area contributed by atoms with E-state index < -0.39 is 18.1 Å². The highest BCUT2D eigenvalue weighted by Gasteiger charge is 2.24. The van der Waals surface area contributed by atoms with Gasteiger partial charge in [-0.1, -0.05) is 51.2 Å². The van der Waals surface area contributed by atoms with Gasteiger partial charge in [-0.05, 0) is 56.0 Å². The molecule has 0 aliphatic rings. The molecule has 0 saturated heterocycles. The SMILES string of the molecule is CC(=C=C[C@@H](NS(=O)(=O)c1c(C)cc(C)cc1C)C(C)C)[Si](C)(C)C. The molecule has 140 valence electrons. The Labute approximate surface area is 155 Å². The molecular formula is C20H33NO2SSi. The molecule has 0 heterocycles. The van der Waals surface area contributed by atoms with Crippen molar-refractivity contribution in [2.75, 3.05) is 0 Å². The highest BCUT2D eigenvalue weighted by molar-refractivity contribution is 7.89. The van der Waals surface area contributed by atoms with Crippen molar-refractivity contribution in [3.8, 4) is 0 Å². The minimum Gasteiger partial charge on any atom is -0.207 e. The molecule has 0 aliphatic carbocycles. The molecule has 1 N–H and O–H groups in total. The van der Waals surface area contributed by atoms with Crippen molar-refractivity contribution in [2.45, 2.75) is 72.1 Å². The summed E-state index contributed by atoms with van der Waals surface area (Å²) in [7, 11) is -5.00. The average molecular weight is 380 g/mol. The van der Waals surface area contributed by atoms with Crippen LogP contribution in [0.15, 0.2) is 34.0 Å². The molecule has 0 bridgehead atoms. The lowest BCUT2D eigenvalue weighted by Gasteiger charge is -2.21. The fraction of sp³-hybridized carbons (Fsp3) is 0.550. The molecule has 1 rings (SSSR count). The number of rotatable bonds is 6. The van der Waals surface area contributed by atoms with Gasteiger partial charge < -0.3 is 0 Å². The first-order valence-corrected chi connectivity index (χ1v) is 13.8. The Hall–Kier alpha value is -1.13. The Kier molecular flexibility index (Phi) is 7.05. The molecule has 3 nitrogen and oxygen atoms in total. The van der Waals surface area contributed by atoms with Crippen molar-refractivity contribution in [1.29, 1.82) is 0 Å². The molecule has 5 heteroatoms. The van der Waals surface area contributed by atoms with Crippen molar-refractivity contribution in [2.24, 2.45) is 5.92 Å². The van der Waals surface area contributed by atoms with Crippen LogP contribution in [0.4, 0.5) is 0 Å². The van der Waals surface area contributed by atoms with E-state index in [1.54, 1.807) is 0 Å². The molecule has 0 aliphatic heterocycles. The molecule has 0 fully saturated rings. The Morgan fingerprint density at radius 1 is 1.12 bits per heavy atom. The van der Waals surface area contributed by atoms with Crippen LogP contribution in [-0.4, -0.2) is 22.5 Å². The third-order valence-electron chi connectivity index (χ3n) is 4.49. The fourth-order valence-electron chi connectivity index (χ4n) is 2.62. The van der Waals surface area contributed by atoms with Crippen LogP contribution in [0.2, 0.25) is 19.6 Å². The van der Waals surface area contributed by atoms with E-state index in [1.165, 1.54) is 5.20 Å². The van der Waals surface area contributed by atoms with Crippen LogP contribution in [-0.2, 0) is 10.0 Å². The summed E-state index contributed by atoms with van der Waals surface area (Å²) in [6.07, 6.45) is 1.88. The lowest BCUT2D eigenvalue weighted by atomic mass is 10.1. The van der Waals surface area contributed by atoms with Gasteiger partial charge in [-0.3, -0.25) is 0 Å². The molecule has 0 aromatic heterocycles. The molecule has 1 aromatic rings. The monoisotopic (exact) mass is 379 g/mol. The molecule has 0 amide bonds. The van der Waals surface area contributed by atoms with Crippen molar-refractivity contribution in [3.63, 3.8) is 0 Å². The summed E-state index contributed by atoms with van der Waals surface area (Å²) in [6, 6.07) is 3.55. The topological polar surface area (TPSA) is 46.2 Å². The van der Waals surface area contributed by atoms with Crippen LogP contribution in [0, 0.1) is 26.7 Å². The summed E-state index contributed by atoms with van der Waals surface area (Å²) in [5.41, 5.74) is 5.98. The molecule has 0 saturated carbocycles. The summed E-state index contributed by atoms with van der Waals surface area (Å²) in [4.78, 5) is 0.392. The van der Waals surface area contributed by atoms with Crippen molar-refractivity contribution >= 4 is 18.1 Å². The third-order valence-corrected chi connectivity index (χ3v) is 8.65. The summed E-state index contributed by atoms with van der Waals surface area (Å²) in [6.45, 7) is 18.6. The van der Waals surface area contributed by atoms with E-state index in [4.69, 9.17) is 0 Å². The maximum atomic E-state index is 13.0. The van der Waals surface area contributed by atoms with Gasteiger partial charge in [0.2, 0.25) is 10.0 Å². The summed E-state index contributed by atoms with van der Waals surface area (Å²) in [5.74, 6) is 0.141. The van der Waals surface area contributed by atoms with Crippen LogP contribution in [0.1, 0.15) is 37.5 Å². The second-order valence-corrected chi connectivity index (χ2v) is 15.2. The second-order valence-electron chi connectivity index (χ2n) is 8.30. The smallest absolute Gasteiger partial charge is 0.207 e. The second kappa shape index (κ2) is 8.04. The van der Waals surface area contributed by atoms with Crippen LogP contribution in [0.5, 0.6) is 0 Å². The maximum absolute atomic E-state index is 13.0. The molecule has 0 spiro atoms. The zero-order chi connectivity index (χ0) is 19.6. The average Bonchev–Trinajstić information content (AvgIpc) is 2.39. The highest BCUT2D eigenvalue weighted by Crippen LogP contribution is 2.23. The van der Waals surface area contributed by atoms with Crippen LogP contribution >= 0.6 is 0 Å². The summed E-state index contributed by atoms with van der Waals surface area (Å²) < 4.78 is 28.8. The zero-order valence-corrected chi connectivity index (χ0v) is 18.9. The van der Waals surface area contributed by atoms with Crippen molar-refractivity contribution in [1.82, 2.24) is 4.72 Å². The minimum absolute atomic E-state index is 0.141. The number of hydrogen-bond acceptors (Lipinski definition) is 2. The van der Waals surface area contributed by atoms with Gasteiger partial charge in [0.25, 0.3) is 0 Å². The van der Waals surface area contributed by atoms with E-state index >= 15 is 0 Å². The van der Waals surface area contributed by atoms with Gasteiger partial charge in [0.15, 0.2) is 0 Å². The Bertz CT molecular complexity index is 772. The standard InChI is InChI=1S/C20H33NO2SSi/c1-14(2)19(11-10-18(6)25(7,8)9)21-24(22,23)20-16(4)12-15(3)13-17(20)5/h11-14,19,21H,1-9H3/t10?,19-/m1/s1. The predicted octanol–water partition coefficient (Wildman–Crippen LogP) is 4.89. The lowest BCUT2D eigenvalue weighted by molar-refractivity contribution is 0.508. The first kappa shape index (κ1) is 21.9. The van der Waals surface area contributed by atoms with E-state index in [0.717, 1.165) is 16.7 Å². The quantitative estimate of drug-likeness (QED) is 0.565. The molecule has 0 radical (unpaired) electrons. The third kappa shape index (κ3) is 5.96. The van der Waals surface area contributed by atoms with Gasteiger partial charge in [-0.2, -0.15) is 0 Å². The molecular weight excluding hydrogens is 346 g/mol. The normalized spacial score (nSPS) is 13.5. The zero-order valence-electron chi connectivity index (χ0n) is 17.1. The molecule has 25 heavy (non-hydrogen) atoms. The van der Waals surface area contributed by atoms with Gasteiger partial charge >= 0.3 is 0 Å². The number of benzene rings is 1. The largest absolute Gasteiger partial charge is 0.241 e. The lowest BCUT2D eigenvalue weighted by Crippen LogP contribution is -2.37.